The Bertz CT molecular complexity index is 895. The molecule has 0 bridgehead atoms. The van der Waals surface area contributed by atoms with Crippen molar-refractivity contribution in [3.63, 3.8) is 0 Å². The molecule has 0 unspecified atom stereocenters. The molecule has 1 aromatic carbocycles. The van der Waals surface area contributed by atoms with Gasteiger partial charge in [0.25, 0.3) is 0 Å². The monoisotopic (exact) mass is 340 g/mol. The van der Waals surface area contributed by atoms with Crippen LogP contribution in [0.15, 0.2) is 47.8 Å². The average Bonchev–Trinajstić information content (AvgIpc) is 2.97. The molecule has 0 aliphatic carbocycles. The zero-order valence-electron chi connectivity index (χ0n) is 14.2. The summed E-state index contributed by atoms with van der Waals surface area (Å²) in [7, 11) is 0. The molecule has 0 fully saturated rings. The molecule has 2 aromatic heterocycles. The number of rotatable bonds is 3. The second-order valence-corrected chi connectivity index (χ2v) is 7.36. The first-order chi connectivity index (χ1) is 11.4. The van der Waals surface area contributed by atoms with Crippen molar-refractivity contribution < 1.29 is 4.79 Å². The van der Waals surface area contributed by atoms with Crippen LogP contribution in [0.5, 0.6) is 0 Å². The molecular formula is C18H20N4OS. The average molecular weight is 340 g/mol. The minimum Gasteiger partial charge on any atom is -0.326 e. The van der Waals surface area contributed by atoms with Crippen LogP contribution >= 0.6 is 11.8 Å². The Kier molecular flexibility index (Phi) is 4.32. The molecule has 0 aliphatic rings. The first kappa shape index (κ1) is 16.5. The first-order valence-electron chi connectivity index (χ1n) is 7.69. The second-order valence-electron chi connectivity index (χ2n) is 6.59. The summed E-state index contributed by atoms with van der Waals surface area (Å²) >= 11 is 1.51. The lowest BCUT2D eigenvalue weighted by Gasteiger charge is -2.18. The van der Waals surface area contributed by atoms with Gasteiger partial charge in [-0.1, -0.05) is 44.7 Å². The summed E-state index contributed by atoms with van der Waals surface area (Å²) in [6.45, 7) is 5.69. The molecule has 24 heavy (non-hydrogen) atoms. The Morgan fingerprint density at radius 1 is 1.21 bits per heavy atom. The van der Waals surface area contributed by atoms with Crippen LogP contribution in [0.1, 0.15) is 20.8 Å². The van der Waals surface area contributed by atoms with Gasteiger partial charge in [0.15, 0.2) is 0 Å². The molecular weight excluding hydrogens is 320 g/mol. The largest absolute Gasteiger partial charge is 0.326 e. The molecule has 6 heteroatoms. The normalized spacial score (nSPS) is 11.7. The van der Waals surface area contributed by atoms with Crippen molar-refractivity contribution in [1.29, 1.82) is 0 Å². The predicted octanol–water partition coefficient (Wildman–Crippen LogP) is 4.10. The molecule has 1 amide bonds. The van der Waals surface area contributed by atoms with Crippen LogP contribution in [0.25, 0.3) is 16.8 Å². The minimum atomic E-state index is -0.432. The smallest absolute Gasteiger partial charge is 0.229 e. The first-order valence-corrected chi connectivity index (χ1v) is 8.91. The zero-order valence-corrected chi connectivity index (χ0v) is 15.0. The van der Waals surface area contributed by atoms with Gasteiger partial charge in [0.1, 0.15) is 0 Å². The number of nitrogens with zero attached hydrogens (tertiary/aromatic N) is 3. The van der Waals surface area contributed by atoms with Crippen molar-refractivity contribution in [2.45, 2.75) is 25.9 Å². The molecule has 0 radical (unpaired) electrons. The number of hydrogen-bond donors (Lipinski definition) is 1. The lowest BCUT2D eigenvalue weighted by Crippen LogP contribution is -2.27. The molecule has 124 valence electrons. The Balaban J connectivity index is 1.99. The summed E-state index contributed by atoms with van der Waals surface area (Å²) in [5.41, 5.74) is 3.24. The molecule has 2 heterocycles. The summed E-state index contributed by atoms with van der Waals surface area (Å²) in [4.78, 5) is 16.5. The molecule has 3 aromatic rings. The second kappa shape index (κ2) is 6.28. The third-order valence-corrected chi connectivity index (χ3v) is 4.21. The maximum atomic E-state index is 12.2. The number of anilines is 1. The molecule has 0 aliphatic heterocycles. The SMILES string of the molecule is CSc1ncc2ccc(-c3cccc(NC(=O)C(C)(C)C)c3)n2n1. The van der Waals surface area contributed by atoms with E-state index < -0.39 is 5.41 Å². The van der Waals surface area contributed by atoms with Gasteiger partial charge < -0.3 is 5.32 Å². The maximum absolute atomic E-state index is 12.2. The van der Waals surface area contributed by atoms with Crippen LogP contribution < -0.4 is 5.32 Å². The highest BCUT2D eigenvalue weighted by atomic mass is 32.2. The molecule has 5 nitrogen and oxygen atoms in total. The van der Waals surface area contributed by atoms with Gasteiger partial charge in [-0.05, 0) is 30.5 Å². The van der Waals surface area contributed by atoms with E-state index in [2.05, 4.69) is 15.4 Å². The Morgan fingerprint density at radius 2 is 2.00 bits per heavy atom. The summed E-state index contributed by atoms with van der Waals surface area (Å²) in [5, 5.41) is 8.23. The van der Waals surface area contributed by atoms with E-state index in [1.807, 2.05) is 74.1 Å². The van der Waals surface area contributed by atoms with Gasteiger partial charge in [-0.3, -0.25) is 4.79 Å². The molecule has 1 N–H and O–H groups in total. The van der Waals surface area contributed by atoms with Crippen LogP contribution in [0.2, 0.25) is 0 Å². The van der Waals surface area contributed by atoms with Crippen molar-refractivity contribution in [3.05, 3.63) is 42.6 Å². The fourth-order valence-electron chi connectivity index (χ4n) is 2.27. The number of nitrogens with one attached hydrogen (secondary N) is 1. The Morgan fingerprint density at radius 3 is 2.71 bits per heavy atom. The van der Waals surface area contributed by atoms with E-state index >= 15 is 0 Å². The van der Waals surface area contributed by atoms with Crippen LogP contribution in [0.3, 0.4) is 0 Å². The number of benzene rings is 1. The van der Waals surface area contributed by atoms with E-state index in [1.165, 1.54) is 11.8 Å². The third-order valence-electron chi connectivity index (χ3n) is 3.66. The molecule has 0 spiro atoms. The van der Waals surface area contributed by atoms with Gasteiger partial charge in [-0.2, -0.15) is 0 Å². The van der Waals surface area contributed by atoms with Crippen molar-refractivity contribution in [1.82, 2.24) is 14.6 Å². The van der Waals surface area contributed by atoms with Gasteiger partial charge in [-0.25, -0.2) is 9.50 Å². The van der Waals surface area contributed by atoms with Crippen molar-refractivity contribution in [2.75, 3.05) is 11.6 Å². The minimum absolute atomic E-state index is 0.00772. The number of hydrogen-bond acceptors (Lipinski definition) is 4. The fraction of sp³-hybridized carbons (Fsp3) is 0.278. The molecule has 3 rings (SSSR count). The van der Waals surface area contributed by atoms with Crippen LogP contribution in [-0.4, -0.2) is 26.8 Å². The van der Waals surface area contributed by atoms with E-state index in [-0.39, 0.29) is 5.91 Å². The van der Waals surface area contributed by atoms with Crippen LogP contribution in [0, 0.1) is 5.41 Å². The molecule has 0 saturated heterocycles. The van der Waals surface area contributed by atoms with E-state index in [1.54, 1.807) is 0 Å². The molecule has 0 atom stereocenters. The van der Waals surface area contributed by atoms with E-state index in [9.17, 15) is 4.79 Å². The molecule has 0 saturated carbocycles. The van der Waals surface area contributed by atoms with E-state index in [0.29, 0.717) is 0 Å². The zero-order chi connectivity index (χ0) is 17.3. The van der Waals surface area contributed by atoms with Crippen molar-refractivity contribution >= 4 is 28.9 Å². The lowest BCUT2D eigenvalue weighted by atomic mass is 9.95. The Labute approximate surface area is 145 Å². The van der Waals surface area contributed by atoms with Crippen LogP contribution in [-0.2, 0) is 4.79 Å². The summed E-state index contributed by atoms with van der Waals surface area (Å²) in [5.74, 6) is -0.00772. The topological polar surface area (TPSA) is 59.3 Å². The maximum Gasteiger partial charge on any atom is 0.229 e. The van der Waals surface area contributed by atoms with Gasteiger partial charge >= 0.3 is 0 Å². The Hall–Kier alpha value is -2.34. The summed E-state index contributed by atoms with van der Waals surface area (Å²) in [6, 6.07) is 11.8. The highest BCUT2D eigenvalue weighted by molar-refractivity contribution is 7.98. The predicted molar refractivity (Wildman–Crippen MR) is 98.3 cm³/mol. The van der Waals surface area contributed by atoms with Gasteiger partial charge in [0.2, 0.25) is 11.1 Å². The number of thioether (sulfide) groups is 1. The van der Waals surface area contributed by atoms with Crippen molar-refractivity contribution in [3.8, 4) is 11.3 Å². The number of amides is 1. The van der Waals surface area contributed by atoms with Crippen molar-refractivity contribution in [2.24, 2.45) is 5.41 Å². The number of aromatic nitrogens is 3. The van der Waals surface area contributed by atoms with E-state index in [4.69, 9.17) is 0 Å². The summed E-state index contributed by atoms with van der Waals surface area (Å²) < 4.78 is 1.88. The van der Waals surface area contributed by atoms with E-state index in [0.717, 1.165) is 27.6 Å². The lowest BCUT2D eigenvalue weighted by molar-refractivity contribution is -0.123. The quantitative estimate of drug-likeness (QED) is 0.729. The van der Waals surface area contributed by atoms with Gasteiger partial charge in [0.05, 0.1) is 17.4 Å². The number of carbonyl (C=O) groups is 1. The summed E-state index contributed by atoms with van der Waals surface area (Å²) in [6.07, 6.45) is 3.76. The fourth-order valence-corrected chi connectivity index (χ4v) is 2.59. The van der Waals surface area contributed by atoms with Gasteiger partial charge in [0, 0.05) is 16.7 Å². The van der Waals surface area contributed by atoms with Crippen LogP contribution in [0.4, 0.5) is 5.69 Å². The number of fused-ring (bicyclic) bond motifs is 1. The highest BCUT2D eigenvalue weighted by Gasteiger charge is 2.21. The van der Waals surface area contributed by atoms with Gasteiger partial charge in [-0.15, -0.1) is 5.10 Å². The third kappa shape index (κ3) is 3.28. The number of carbonyl (C=O) groups excluding carboxylic acids is 1. The highest BCUT2D eigenvalue weighted by Crippen LogP contribution is 2.26. The standard InChI is InChI=1S/C18H20N4OS/c1-18(2,3)16(23)20-13-7-5-6-12(10-13)15-9-8-14-11-19-17(24-4)21-22(14)15/h5-11H,1-4H3,(H,20,23).